The summed E-state index contributed by atoms with van der Waals surface area (Å²) in [7, 11) is 0. The molecule has 0 aliphatic rings. The van der Waals surface area contributed by atoms with Gasteiger partial charge in [-0.1, -0.05) is 0 Å². The number of hydrazine groups is 2. The average Bonchev–Trinajstić information content (AvgIpc) is 2.27. The van der Waals surface area contributed by atoms with Gasteiger partial charge in [-0.15, -0.1) is 0 Å². The summed E-state index contributed by atoms with van der Waals surface area (Å²) < 4.78 is 0. The Morgan fingerprint density at radius 2 is 1.86 bits per heavy atom. The van der Waals surface area contributed by atoms with Crippen molar-refractivity contribution in [3.05, 3.63) is 29.6 Å². The molecule has 7 heteroatoms. The van der Waals surface area contributed by atoms with Gasteiger partial charge >= 0.3 is 0 Å². The summed E-state index contributed by atoms with van der Waals surface area (Å²) >= 11 is 0. The van der Waals surface area contributed by atoms with Crippen LogP contribution in [0.1, 0.15) is 20.8 Å². The van der Waals surface area contributed by atoms with Crippen LogP contribution in [0.15, 0.2) is 18.3 Å². The summed E-state index contributed by atoms with van der Waals surface area (Å²) in [6.07, 6.45) is 1.37. The van der Waals surface area contributed by atoms with Crippen molar-refractivity contribution < 1.29 is 9.59 Å². The van der Waals surface area contributed by atoms with E-state index < -0.39 is 11.8 Å². The molecule has 1 aromatic heterocycles. The third-order valence-corrected chi connectivity index (χ3v) is 1.53. The molecule has 74 valence electrons. The lowest BCUT2D eigenvalue weighted by Gasteiger charge is -2.04. The van der Waals surface area contributed by atoms with Gasteiger partial charge < -0.3 is 0 Å². The van der Waals surface area contributed by atoms with E-state index in [1.807, 2.05) is 10.9 Å². The van der Waals surface area contributed by atoms with Crippen LogP contribution in [0.5, 0.6) is 0 Å². The zero-order valence-corrected chi connectivity index (χ0v) is 7.15. The van der Waals surface area contributed by atoms with E-state index in [4.69, 9.17) is 11.7 Å². The van der Waals surface area contributed by atoms with Crippen molar-refractivity contribution in [1.82, 2.24) is 15.8 Å². The number of hydrogen-bond acceptors (Lipinski definition) is 5. The molecule has 0 radical (unpaired) electrons. The highest BCUT2D eigenvalue weighted by atomic mass is 16.2. The third kappa shape index (κ3) is 1.84. The van der Waals surface area contributed by atoms with E-state index in [1.54, 1.807) is 0 Å². The van der Waals surface area contributed by atoms with E-state index in [0.717, 1.165) is 0 Å². The molecule has 1 heterocycles. The van der Waals surface area contributed by atoms with Gasteiger partial charge in [0.15, 0.2) is 0 Å². The molecule has 0 saturated heterocycles. The van der Waals surface area contributed by atoms with Crippen LogP contribution in [0.2, 0.25) is 0 Å². The summed E-state index contributed by atoms with van der Waals surface area (Å²) in [5.74, 6) is 8.59. The Balaban J connectivity index is 3.15. The fourth-order valence-electron chi connectivity index (χ4n) is 0.916. The minimum absolute atomic E-state index is 0.0675. The molecule has 0 aromatic carbocycles. The first-order chi connectivity index (χ1) is 6.70. The van der Waals surface area contributed by atoms with Crippen LogP contribution in [0.3, 0.4) is 0 Å². The van der Waals surface area contributed by atoms with E-state index in [-0.39, 0.29) is 11.3 Å². The number of nitrogens with zero attached hydrogens (tertiary/aromatic N) is 1. The molecular formula is C7H9N5O2. The van der Waals surface area contributed by atoms with Gasteiger partial charge in [0, 0.05) is 6.20 Å². The fraction of sp³-hybridized carbons (Fsp3) is 0. The van der Waals surface area contributed by atoms with Crippen LogP contribution < -0.4 is 22.5 Å². The number of aromatic nitrogens is 1. The number of nitrogens with two attached hydrogens (primary N) is 2. The summed E-state index contributed by atoms with van der Waals surface area (Å²) in [6.45, 7) is 0. The van der Waals surface area contributed by atoms with Crippen LogP contribution in [-0.2, 0) is 0 Å². The third-order valence-electron chi connectivity index (χ3n) is 1.53. The second kappa shape index (κ2) is 4.30. The summed E-state index contributed by atoms with van der Waals surface area (Å²) in [6, 6.07) is 2.93. The maximum Gasteiger partial charge on any atom is 0.284 e. The molecule has 0 saturated carbocycles. The van der Waals surface area contributed by atoms with E-state index in [9.17, 15) is 9.59 Å². The second-order valence-corrected chi connectivity index (χ2v) is 2.35. The van der Waals surface area contributed by atoms with E-state index in [0.29, 0.717) is 0 Å². The van der Waals surface area contributed by atoms with Crippen molar-refractivity contribution in [2.45, 2.75) is 0 Å². The lowest BCUT2D eigenvalue weighted by Crippen LogP contribution is -2.35. The fourth-order valence-corrected chi connectivity index (χ4v) is 0.916. The molecular weight excluding hydrogens is 186 g/mol. The Hall–Kier alpha value is -1.99. The van der Waals surface area contributed by atoms with Crippen molar-refractivity contribution in [3.63, 3.8) is 0 Å². The van der Waals surface area contributed by atoms with Crippen LogP contribution in [0, 0.1) is 0 Å². The van der Waals surface area contributed by atoms with E-state index in [1.165, 1.54) is 18.3 Å². The monoisotopic (exact) mass is 195 g/mol. The van der Waals surface area contributed by atoms with Gasteiger partial charge in [0.1, 0.15) is 5.69 Å². The minimum atomic E-state index is -0.649. The lowest BCUT2D eigenvalue weighted by atomic mass is 10.2. The summed E-state index contributed by atoms with van der Waals surface area (Å²) in [5, 5.41) is 0. The lowest BCUT2D eigenvalue weighted by molar-refractivity contribution is 0.0915. The first kappa shape index (κ1) is 10.1. The normalized spacial score (nSPS) is 9.29. The van der Waals surface area contributed by atoms with Crippen LogP contribution in [0.25, 0.3) is 0 Å². The Kier molecular flexibility index (Phi) is 3.10. The summed E-state index contributed by atoms with van der Waals surface area (Å²) in [5.41, 5.74) is 3.78. The van der Waals surface area contributed by atoms with Crippen molar-refractivity contribution in [3.8, 4) is 0 Å². The number of pyridine rings is 1. The molecule has 2 amide bonds. The average molecular weight is 195 g/mol. The number of nitrogens with one attached hydrogen (secondary N) is 2. The maximum atomic E-state index is 11.2. The number of nitrogen functional groups attached to an aromatic ring is 2. The van der Waals surface area contributed by atoms with Gasteiger partial charge in [0.05, 0.1) is 5.56 Å². The molecule has 7 nitrogen and oxygen atoms in total. The highest BCUT2D eigenvalue weighted by Crippen LogP contribution is 2.04. The number of carbonyl (C=O) groups excluding carboxylic acids is 2. The van der Waals surface area contributed by atoms with Crippen molar-refractivity contribution >= 4 is 11.8 Å². The number of carbonyl (C=O) groups is 2. The zero-order valence-electron chi connectivity index (χ0n) is 7.15. The largest absolute Gasteiger partial charge is 0.290 e. The van der Waals surface area contributed by atoms with Gasteiger partial charge in [0.2, 0.25) is 0 Å². The molecule has 0 spiro atoms. The maximum absolute atomic E-state index is 11.2. The molecule has 1 rings (SSSR count). The number of amides is 2. The second-order valence-electron chi connectivity index (χ2n) is 2.35. The molecule has 0 unspecified atom stereocenters. The van der Waals surface area contributed by atoms with Crippen molar-refractivity contribution in [1.29, 1.82) is 0 Å². The van der Waals surface area contributed by atoms with Gasteiger partial charge in [-0.05, 0) is 12.1 Å². The molecule has 0 aliphatic heterocycles. The highest BCUT2D eigenvalue weighted by Gasteiger charge is 2.16. The molecule has 0 bridgehead atoms. The first-order valence-electron chi connectivity index (χ1n) is 3.67. The predicted octanol–water partition coefficient (Wildman–Crippen LogP) is -1.71. The summed E-state index contributed by atoms with van der Waals surface area (Å²) in [4.78, 5) is 26.0. The van der Waals surface area contributed by atoms with E-state index >= 15 is 0 Å². The Morgan fingerprint density at radius 3 is 2.43 bits per heavy atom. The Bertz CT molecular complexity index is 330. The Morgan fingerprint density at radius 1 is 1.21 bits per heavy atom. The molecule has 0 fully saturated rings. The van der Waals surface area contributed by atoms with Gasteiger partial charge in [-0.25, -0.2) is 11.7 Å². The van der Waals surface area contributed by atoms with Crippen molar-refractivity contribution in [2.75, 3.05) is 0 Å². The topological polar surface area (TPSA) is 123 Å². The molecule has 0 aliphatic carbocycles. The van der Waals surface area contributed by atoms with Crippen LogP contribution in [-0.4, -0.2) is 16.8 Å². The highest BCUT2D eigenvalue weighted by molar-refractivity contribution is 6.05. The smallest absolute Gasteiger partial charge is 0.284 e. The van der Waals surface area contributed by atoms with Crippen LogP contribution >= 0.6 is 0 Å². The first-order valence-corrected chi connectivity index (χ1v) is 3.67. The minimum Gasteiger partial charge on any atom is -0.290 e. The molecule has 0 atom stereocenters. The SMILES string of the molecule is NNC(=O)c1cccnc1C(=O)NN. The number of hydrogen-bond donors (Lipinski definition) is 4. The van der Waals surface area contributed by atoms with Crippen LogP contribution in [0.4, 0.5) is 0 Å². The molecule has 6 N–H and O–H groups in total. The molecule has 14 heavy (non-hydrogen) atoms. The van der Waals surface area contributed by atoms with Gasteiger partial charge in [-0.3, -0.25) is 25.4 Å². The number of rotatable bonds is 2. The predicted molar refractivity (Wildman–Crippen MR) is 47.5 cm³/mol. The Labute approximate surface area is 79.4 Å². The standard InChI is InChI=1S/C7H9N5O2/c8-11-6(13)4-2-1-3-10-5(4)7(14)12-9/h1-3H,8-9H2,(H,11,13)(H,12,14). The molecule has 1 aromatic rings. The van der Waals surface area contributed by atoms with Crippen molar-refractivity contribution in [2.24, 2.45) is 11.7 Å². The van der Waals surface area contributed by atoms with E-state index in [2.05, 4.69) is 4.98 Å². The van der Waals surface area contributed by atoms with Gasteiger partial charge in [-0.2, -0.15) is 0 Å². The zero-order chi connectivity index (χ0) is 10.6. The quantitative estimate of drug-likeness (QED) is 0.254. The van der Waals surface area contributed by atoms with Gasteiger partial charge in [0.25, 0.3) is 11.8 Å².